The topological polar surface area (TPSA) is 64.7 Å². The van der Waals surface area contributed by atoms with Crippen LogP contribution in [-0.2, 0) is 23.7 Å². The second kappa shape index (κ2) is 7.67. The molecule has 6 nitrogen and oxygen atoms in total. The molecule has 3 rings (SSSR count). The Morgan fingerprint density at radius 3 is 2.37 bits per heavy atom. The smallest absolute Gasteiger partial charge is 0.309 e. The standard InChI is InChI=1S/C17H12ClF6N5O/c1-9-6-14(25-15(30)8-28-5-4-13(27-28)17(22,23)24)29(26-9)12-7-10(16(19,20)21)2-3-11(12)18/h2-7H,8H2,1H3,(H,25,30). The molecule has 1 amide bonds. The van der Waals surface area contributed by atoms with Crippen LogP contribution in [0.3, 0.4) is 0 Å². The molecule has 1 N–H and O–H groups in total. The van der Waals surface area contributed by atoms with Gasteiger partial charge in [0, 0.05) is 12.3 Å². The summed E-state index contributed by atoms with van der Waals surface area (Å²) in [6, 6.07) is 4.71. The highest BCUT2D eigenvalue weighted by Crippen LogP contribution is 2.34. The van der Waals surface area contributed by atoms with E-state index in [-0.39, 0.29) is 16.5 Å². The van der Waals surface area contributed by atoms with Crippen LogP contribution in [0.15, 0.2) is 36.5 Å². The highest BCUT2D eigenvalue weighted by Gasteiger charge is 2.34. The lowest BCUT2D eigenvalue weighted by atomic mass is 10.2. The predicted octanol–water partition coefficient (Wildman–Crippen LogP) is 4.71. The molecule has 1 aromatic carbocycles. The number of halogens is 7. The molecule has 30 heavy (non-hydrogen) atoms. The van der Waals surface area contributed by atoms with Crippen molar-refractivity contribution in [1.82, 2.24) is 19.6 Å². The van der Waals surface area contributed by atoms with Crippen LogP contribution < -0.4 is 5.32 Å². The van der Waals surface area contributed by atoms with E-state index >= 15 is 0 Å². The fourth-order valence-corrected chi connectivity index (χ4v) is 2.75. The summed E-state index contributed by atoms with van der Waals surface area (Å²) in [7, 11) is 0. The van der Waals surface area contributed by atoms with Crippen LogP contribution in [0, 0.1) is 6.92 Å². The monoisotopic (exact) mass is 451 g/mol. The predicted molar refractivity (Wildman–Crippen MR) is 94.2 cm³/mol. The third-order valence-electron chi connectivity index (χ3n) is 3.84. The lowest BCUT2D eigenvalue weighted by molar-refractivity contribution is -0.141. The Morgan fingerprint density at radius 1 is 1.07 bits per heavy atom. The van der Waals surface area contributed by atoms with Crippen molar-refractivity contribution in [2.45, 2.75) is 25.8 Å². The van der Waals surface area contributed by atoms with Crippen molar-refractivity contribution in [1.29, 1.82) is 0 Å². The number of hydrogen-bond donors (Lipinski definition) is 1. The van der Waals surface area contributed by atoms with Crippen molar-refractivity contribution < 1.29 is 31.1 Å². The largest absolute Gasteiger partial charge is 0.435 e. The van der Waals surface area contributed by atoms with E-state index in [0.29, 0.717) is 11.8 Å². The number of amides is 1. The zero-order chi connectivity index (χ0) is 22.3. The molecular formula is C17H12ClF6N5O. The minimum Gasteiger partial charge on any atom is -0.309 e. The zero-order valence-electron chi connectivity index (χ0n) is 15.0. The third-order valence-corrected chi connectivity index (χ3v) is 4.16. The summed E-state index contributed by atoms with van der Waals surface area (Å²) >= 11 is 6.01. The minimum absolute atomic E-state index is 0.0121. The fraction of sp³-hybridized carbons (Fsp3) is 0.235. The molecular weight excluding hydrogens is 440 g/mol. The fourth-order valence-electron chi connectivity index (χ4n) is 2.55. The molecule has 0 saturated heterocycles. The average molecular weight is 452 g/mol. The third kappa shape index (κ3) is 4.75. The number of carbonyl (C=O) groups excluding carboxylic acids is 1. The lowest BCUT2D eigenvalue weighted by Crippen LogP contribution is -2.21. The molecule has 0 fully saturated rings. The summed E-state index contributed by atoms with van der Waals surface area (Å²) in [6.07, 6.45) is -8.30. The quantitative estimate of drug-likeness (QED) is 0.584. The average Bonchev–Trinajstić information content (AvgIpc) is 3.20. The van der Waals surface area contributed by atoms with E-state index in [4.69, 9.17) is 11.6 Å². The van der Waals surface area contributed by atoms with E-state index in [2.05, 4.69) is 15.5 Å². The maximum absolute atomic E-state index is 13.0. The van der Waals surface area contributed by atoms with Gasteiger partial charge in [-0.3, -0.25) is 9.48 Å². The van der Waals surface area contributed by atoms with Gasteiger partial charge in [-0.05, 0) is 31.2 Å². The van der Waals surface area contributed by atoms with Gasteiger partial charge in [0.15, 0.2) is 5.69 Å². The number of alkyl halides is 6. The molecule has 3 aromatic rings. The van der Waals surface area contributed by atoms with Gasteiger partial charge in [-0.2, -0.15) is 36.5 Å². The number of anilines is 1. The number of carbonyl (C=O) groups is 1. The maximum Gasteiger partial charge on any atom is 0.435 e. The number of aromatic nitrogens is 4. The minimum atomic E-state index is -4.66. The van der Waals surface area contributed by atoms with Crippen molar-refractivity contribution in [2.24, 2.45) is 0 Å². The Morgan fingerprint density at radius 2 is 1.77 bits per heavy atom. The van der Waals surface area contributed by atoms with Crippen molar-refractivity contribution in [2.75, 3.05) is 5.32 Å². The molecule has 13 heteroatoms. The van der Waals surface area contributed by atoms with Crippen LogP contribution in [0.2, 0.25) is 5.02 Å². The Hall–Kier alpha value is -3.02. The first-order valence-corrected chi connectivity index (χ1v) is 8.56. The highest BCUT2D eigenvalue weighted by atomic mass is 35.5. The van der Waals surface area contributed by atoms with Crippen molar-refractivity contribution in [3.8, 4) is 5.69 Å². The molecule has 2 aromatic heterocycles. The highest BCUT2D eigenvalue weighted by molar-refractivity contribution is 6.32. The van der Waals surface area contributed by atoms with Crippen LogP contribution in [0.4, 0.5) is 32.2 Å². The van der Waals surface area contributed by atoms with Crippen LogP contribution >= 0.6 is 11.6 Å². The molecule has 2 heterocycles. The Bertz CT molecular complexity index is 1090. The molecule has 0 radical (unpaired) electrons. The summed E-state index contributed by atoms with van der Waals surface area (Å²) in [5.41, 5.74) is -1.90. The van der Waals surface area contributed by atoms with E-state index in [9.17, 15) is 31.1 Å². The van der Waals surface area contributed by atoms with Crippen molar-refractivity contribution in [3.63, 3.8) is 0 Å². The molecule has 0 aliphatic carbocycles. The molecule has 0 saturated carbocycles. The maximum atomic E-state index is 13.0. The molecule has 0 unspecified atom stereocenters. The second-order valence-electron chi connectivity index (χ2n) is 6.19. The van der Waals surface area contributed by atoms with Crippen LogP contribution in [0.1, 0.15) is 17.0 Å². The molecule has 0 aliphatic heterocycles. The Labute approximate surface area is 170 Å². The Balaban J connectivity index is 1.86. The zero-order valence-corrected chi connectivity index (χ0v) is 15.8. The van der Waals surface area contributed by atoms with Gasteiger partial charge in [-0.15, -0.1) is 0 Å². The first kappa shape index (κ1) is 21.7. The van der Waals surface area contributed by atoms with Gasteiger partial charge in [0.25, 0.3) is 0 Å². The van der Waals surface area contributed by atoms with E-state index in [1.54, 1.807) is 0 Å². The summed E-state index contributed by atoms with van der Waals surface area (Å²) < 4.78 is 78.7. The van der Waals surface area contributed by atoms with Crippen molar-refractivity contribution in [3.05, 3.63) is 58.5 Å². The van der Waals surface area contributed by atoms with Crippen LogP contribution in [0.25, 0.3) is 5.69 Å². The SMILES string of the molecule is Cc1cc(NC(=O)Cn2ccc(C(F)(F)F)n2)n(-c2cc(C(F)(F)F)ccc2Cl)n1. The van der Waals surface area contributed by atoms with E-state index < -0.39 is 36.1 Å². The number of hydrogen-bond acceptors (Lipinski definition) is 3. The van der Waals surface area contributed by atoms with E-state index in [1.165, 1.54) is 13.0 Å². The van der Waals surface area contributed by atoms with Gasteiger partial charge in [-0.1, -0.05) is 11.6 Å². The van der Waals surface area contributed by atoms with Gasteiger partial charge in [0.2, 0.25) is 5.91 Å². The van der Waals surface area contributed by atoms with Gasteiger partial charge < -0.3 is 5.32 Å². The molecule has 0 bridgehead atoms. The summed E-state index contributed by atoms with van der Waals surface area (Å²) in [5, 5.41) is 9.64. The lowest BCUT2D eigenvalue weighted by Gasteiger charge is -2.13. The van der Waals surface area contributed by atoms with Gasteiger partial charge in [-0.25, -0.2) is 4.68 Å². The van der Waals surface area contributed by atoms with E-state index in [1.807, 2.05) is 0 Å². The molecule has 160 valence electrons. The first-order valence-electron chi connectivity index (χ1n) is 8.19. The van der Waals surface area contributed by atoms with Crippen LogP contribution in [-0.4, -0.2) is 25.5 Å². The summed E-state index contributed by atoms with van der Waals surface area (Å²) in [6.45, 7) is 0.980. The van der Waals surface area contributed by atoms with Crippen molar-refractivity contribution >= 4 is 23.3 Å². The molecule has 0 aliphatic rings. The number of nitrogens with zero attached hydrogens (tertiary/aromatic N) is 4. The van der Waals surface area contributed by atoms with Gasteiger partial charge >= 0.3 is 12.4 Å². The van der Waals surface area contributed by atoms with Gasteiger partial charge in [0.05, 0.1) is 22.0 Å². The Kier molecular flexibility index (Phi) is 5.54. The molecule has 0 spiro atoms. The van der Waals surface area contributed by atoms with E-state index in [0.717, 1.165) is 33.8 Å². The number of rotatable bonds is 4. The second-order valence-corrected chi connectivity index (χ2v) is 6.60. The summed E-state index contributed by atoms with van der Waals surface area (Å²) in [4.78, 5) is 12.2. The molecule has 0 atom stereocenters. The first-order chi connectivity index (χ1) is 13.8. The van der Waals surface area contributed by atoms with Crippen LogP contribution in [0.5, 0.6) is 0 Å². The normalized spacial score (nSPS) is 12.3. The van der Waals surface area contributed by atoms with Gasteiger partial charge in [0.1, 0.15) is 12.4 Å². The number of nitrogens with one attached hydrogen (secondary N) is 1. The summed E-state index contributed by atoms with van der Waals surface area (Å²) in [5.74, 6) is -0.780. The number of aryl methyl sites for hydroxylation is 1. The number of benzene rings is 1.